The minimum Gasteiger partial charge on any atom is -0.388 e. The number of aliphatic hydroxyl groups excluding tert-OH is 1. The number of ether oxygens (including phenoxy) is 4. The quantitative estimate of drug-likeness (QED) is 0.540. The first kappa shape index (κ1) is 9.95. The molecule has 0 spiro atoms. The average molecular weight is 218 g/mol. The van der Waals surface area contributed by atoms with E-state index in [4.69, 9.17) is 18.9 Å². The van der Waals surface area contributed by atoms with Gasteiger partial charge < -0.3 is 29.2 Å². The molecule has 3 rings (SSSR count). The molecule has 0 amide bonds. The van der Waals surface area contributed by atoms with E-state index in [1.165, 1.54) is 0 Å². The molecule has 5 atom stereocenters. The highest BCUT2D eigenvalue weighted by atomic mass is 16.9. The van der Waals surface area contributed by atoms with E-state index in [1.807, 2.05) is 0 Å². The Hall–Kier alpha value is -0.240. The summed E-state index contributed by atoms with van der Waals surface area (Å²) < 4.78 is 21.5. The molecule has 0 radical (unpaired) electrons. The fraction of sp³-hybridized carbons (Fsp3) is 1.00. The summed E-state index contributed by atoms with van der Waals surface area (Å²) >= 11 is 0. The highest BCUT2D eigenvalue weighted by Gasteiger charge is 2.68. The van der Waals surface area contributed by atoms with Gasteiger partial charge in [-0.15, -0.1) is 0 Å². The average Bonchev–Trinajstić information content (AvgIpc) is 2.65. The zero-order chi connectivity index (χ0) is 10.8. The molecule has 0 aromatic rings. The van der Waals surface area contributed by atoms with E-state index in [9.17, 15) is 10.2 Å². The Kier molecular flexibility index (Phi) is 1.80. The Labute approximate surface area is 86.7 Å². The normalized spacial score (nSPS) is 56.8. The lowest BCUT2D eigenvalue weighted by atomic mass is 10.1. The number of hydrogen-bond acceptors (Lipinski definition) is 6. The molecular formula is C9H14O6. The van der Waals surface area contributed by atoms with Gasteiger partial charge in [0, 0.05) is 0 Å². The maximum absolute atomic E-state index is 10.2. The molecule has 3 aliphatic heterocycles. The Balaban J connectivity index is 1.89. The lowest BCUT2D eigenvalue weighted by molar-refractivity contribution is -0.273. The van der Waals surface area contributed by atoms with Gasteiger partial charge in [0.1, 0.15) is 12.2 Å². The van der Waals surface area contributed by atoms with E-state index >= 15 is 0 Å². The van der Waals surface area contributed by atoms with Crippen LogP contribution in [0.5, 0.6) is 0 Å². The molecule has 3 saturated heterocycles. The van der Waals surface area contributed by atoms with Crippen LogP contribution in [0.4, 0.5) is 0 Å². The predicted octanol–water partition coefficient (Wildman–Crippen LogP) is -1.06. The third-order valence-corrected chi connectivity index (χ3v) is 2.99. The molecule has 86 valence electrons. The maximum Gasteiger partial charge on any atom is 0.227 e. The third-order valence-electron chi connectivity index (χ3n) is 2.99. The van der Waals surface area contributed by atoms with Gasteiger partial charge in [0.2, 0.25) is 5.79 Å². The van der Waals surface area contributed by atoms with Crippen molar-refractivity contribution in [3.8, 4) is 0 Å². The molecule has 15 heavy (non-hydrogen) atoms. The first-order valence-electron chi connectivity index (χ1n) is 4.98. The fourth-order valence-electron chi connectivity index (χ4n) is 2.35. The van der Waals surface area contributed by atoms with Crippen LogP contribution in [0.15, 0.2) is 0 Å². The Morgan fingerprint density at radius 1 is 1.20 bits per heavy atom. The monoisotopic (exact) mass is 218 g/mol. The van der Waals surface area contributed by atoms with Crippen molar-refractivity contribution in [3.63, 3.8) is 0 Å². The van der Waals surface area contributed by atoms with Crippen molar-refractivity contribution >= 4 is 0 Å². The first-order chi connectivity index (χ1) is 6.92. The van der Waals surface area contributed by atoms with Crippen LogP contribution >= 0.6 is 0 Å². The van der Waals surface area contributed by atoms with Gasteiger partial charge in [-0.05, 0) is 13.8 Å². The van der Waals surface area contributed by atoms with Gasteiger partial charge in [-0.25, -0.2) is 0 Å². The van der Waals surface area contributed by atoms with E-state index in [2.05, 4.69) is 0 Å². The van der Waals surface area contributed by atoms with Gasteiger partial charge in [-0.3, -0.25) is 0 Å². The molecule has 0 aromatic heterocycles. The van der Waals surface area contributed by atoms with E-state index in [1.54, 1.807) is 13.8 Å². The Morgan fingerprint density at radius 2 is 1.93 bits per heavy atom. The summed E-state index contributed by atoms with van der Waals surface area (Å²) in [5, 5.41) is 19.7. The van der Waals surface area contributed by atoms with Crippen LogP contribution in [0.3, 0.4) is 0 Å². The summed E-state index contributed by atoms with van der Waals surface area (Å²) in [6.45, 7) is 3.52. The zero-order valence-electron chi connectivity index (χ0n) is 8.54. The smallest absolute Gasteiger partial charge is 0.227 e. The summed E-state index contributed by atoms with van der Waals surface area (Å²) in [5.41, 5.74) is 0. The zero-order valence-corrected chi connectivity index (χ0v) is 8.54. The van der Waals surface area contributed by atoms with Crippen LogP contribution in [0.2, 0.25) is 0 Å². The second-order valence-corrected chi connectivity index (χ2v) is 4.61. The van der Waals surface area contributed by atoms with Gasteiger partial charge in [0.15, 0.2) is 18.2 Å². The van der Waals surface area contributed by atoms with Gasteiger partial charge in [0.05, 0.1) is 6.61 Å². The third kappa shape index (κ3) is 1.20. The Bertz CT molecular complexity index is 292. The second-order valence-electron chi connectivity index (χ2n) is 4.61. The molecule has 3 heterocycles. The van der Waals surface area contributed by atoms with E-state index < -0.39 is 36.2 Å². The van der Waals surface area contributed by atoms with E-state index in [-0.39, 0.29) is 6.61 Å². The summed E-state index contributed by atoms with van der Waals surface area (Å²) in [6.07, 6.45) is -3.00. The summed E-state index contributed by atoms with van der Waals surface area (Å²) in [5.74, 6) is -2.38. The van der Waals surface area contributed by atoms with Crippen molar-refractivity contribution in [1.82, 2.24) is 0 Å². The van der Waals surface area contributed by atoms with E-state index in [0.717, 1.165) is 0 Å². The second kappa shape index (κ2) is 2.71. The fourth-order valence-corrected chi connectivity index (χ4v) is 2.35. The number of rotatable bonds is 0. The SMILES string of the molecule is CC1(C)O[C@H]2O[C@@H]3[C@H](O)COC3(O)[C@H]2O1. The van der Waals surface area contributed by atoms with E-state index in [0.29, 0.717) is 0 Å². The molecule has 6 heteroatoms. The van der Waals surface area contributed by atoms with Crippen molar-refractivity contribution < 1.29 is 29.2 Å². The van der Waals surface area contributed by atoms with Crippen molar-refractivity contribution in [2.45, 2.75) is 50.0 Å². The highest BCUT2D eigenvalue weighted by molar-refractivity contribution is 5.05. The molecule has 0 aliphatic carbocycles. The molecule has 2 N–H and O–H groups in total. The predicted molar refractivity (Wildman–Crippen MR) is 45.6 cm³/mol. The summed E-state index contributed by atoms with van der Waals surface area (Å²) in [4.78, 5) is 0. The number of hydrogen-bond donors (Lipinski definition) is 2. The molecule has 6 nitrogen and oxygen atoms in total. The molecule has 3 fully saturated rings. The molecule has 3 aliphatic rings. The lowest BCUT2D eigenvalue weighted by Crippen LogP contribution is -2.48. The van der Waals surface area contributed by atoms with Crippen LogP contribution in [0.25, 0.3) is 0 Å². The van der Waals surface area contributed by atoms with Crippen LogP contribution < -0.4 is 0 Å². The summed E-state index contributed by atoms with van der Waals surface area (Å²) in [6, 6.07) is 0. The van der Waals surface area contributed by atoms with Gasteiger partial charge in [-0.2, -0.15) is 0 Å². The van der Waals surface area contributed by atoms with Gasteiger partial charge in [0.25, 0.3) is 0 Å². The lowest BCUT2D eigenvalue weighted by Gasteiger charge is -2.27. The molecule has 0 aromatic carbocycles. The maximum atomic E-state index is 10.2. The first-order valence-corrected chi connectivity index (χ1v) is 4.98. The topological polar surface area (TPSA) is 77.4 Å². The van der Waals surface area contributed by atoms with Crippen molar-refractivity contribution in [1.29, 1.82) is 0 Å². The van der Waals surface area contributed by atoms with Crippen molar-refractivity contribution in [2.75, 3.05) is 6.61 Å². The highest BCUT2D eigenvalue weighted by Crippen LogP contribution is 2.47. The molecule has 0 bridgehead atoms. The summed E-state index contributed by atoms with van der Waals surface area (Å²) in [7, 11) is 0. The molecule has 1 unspecified atom stereocenters. The van der Waals surface area contributed by atoms with Crippen LogP contribution in [0, 0.1) is 0 Å². The van der Waals surface area contributed by atoms with Crippen molar-refractivity contribution in [2.24, 2.45) is 0 Å². The number of aliphatic hydroxyl groups is 2. The van der Waals surface area contributed by atoms with Gasteiger partial charge >= 0.3 is 0 Å². The standard InChI is InChI=1S/C9H14O6/c1-8(2)14-6-7(15-8)13-5-4(10)3-12-9(5,6)11/h4-7,10-11H,3H2,1-2H3/t4-,5-,6+,7-,9?/m1/s1. The minimum atomic E-state index is -1.59. The van der Waals surface area contributed by atoms with Gasteiger partial charge in [-0.1, -0.05) is 0 Å². The minimum absolute atomic E-state index is 0.0498. The largest absolute Gasteiger partial charge is 0.388 e. The Morgan fingerprint density at radius 3 is 2.67 bits per heavy atom. The molecule has 0 saturated carbocycles. The number of fused-ring (bicyclic) bond motifs is 3. The van der Waals surface area contributed by atoms with Crippen LogP contribution in [0.1, 0.15) is 13.8 Å². The van der Waals surface area contributed by atoms with Crippen LogP contribution in [-0.2, 0) is 18.9 Å². The molecular weight excluding hydrogens is 204 g/mol. The van der Waals surface area contributed by atoms with Crippen molar-refractivity contribution in [3.05, 3.63) is 0 Å². The van der Waals surface area contributed by atoms with Crippen LogP contribution in [-0.4, -0.2) is 53.0 Å².